The zero-order valence-electron chi connectivity index (χ0n) is 12.6. The van der Waals surface area contributed by atoms with Gasteiger partial charge in [0.15, 0.2) is 0 Å². The molecular formula is C17H26N2S. The molecule has 0 amide bonds. The molecule has 110 valence electrons. The number of unbranched alkanes of at least 4 members (excludes halogenated alkanes) is 2. The van der Waals surface area contributed by atoms with Crippen LogP contribution in [0.25, 0.3) is 5.70 Å². The van der Waals surface area contributed by atoms with E-state index in [-0.39, 0.29) is 0 Å². The van der Waals surface area contributed by atoms with Crippen LogP contribution in [0, 0.1) is 0 Å². The van der Waals surface area contributed by atoms with Crippen molar-refractivity contribution in [1.29, 1.82) is 0 Å². The summed E-state index contributed by atoms with van der Waals surface area (Å²) in [6.45, 7) is 11.3. The van der Waals surface area contributed by atoms with Crippen molar-refractivity contribution < 1.29 is 0 Å². The molecule has 1 aromatic rings. The second-order valence-electron chi connectivity index (χ2n) is 5.38. The van der Waals surface area contributed by atoms with Gasteiger partial charge in [0.25, 0.3) is 0 Å². The van der Waals surface area contributed by atoms with Crippen molar-refractivity contribution in [2.24, 2.45) is 0 Å². The second kappa shape index (κ2) is 7.53. The smallest absolute Gasteiger partial charge is 0.102 e. The van der Waals surface area contributed by atoms with Crippen LogP contribution in [0.2, 0.25) is 0 Å². The predicted octanol–water partition coefficient (Wildman–Crippen LogP) is 4.93. The Labute approximate surface area is 127 Å². The summed E-state index contributed by atoms with van der Waals surface area (Å²) in [5.74, 6) is 0. The Morgan fingerprint density at radius 3 is 2.85 bits per heavy atom. The third kappa shape index (κ3) is 3.45. The van der Waals surface area contributed by atoms with E-state index in [1.807, 2.05) is 11.3 Å². The Kier molecular flexibility index (Phi) is 5.72. The quantitative estimate of drug-likeness (QED) is 0.663. The number of nitrogens with one attached hydrogen (secondary N) is 2. The molecule has 0 aromatic carbocycles. The number of thiophene rings is 1. The molecule has 3 heteroatoms. The lowest BCUT2D eigenvalue weighted by atomic mass is 9.94. The van der Waals surface area contributed by atoms with Crippen LogP contribution in [0.15, 0.2) is 19.4 Å². The highest BCUT2D eigenvalue weighted by atomic mass is 32.1. The Morgan fingerprint density at radius 2 is 2.10 bits per heavy atom. The van der Waals surface area contributed by atoms with E-state index in [0.717, 1.165) is 12.2 Å². The minimum atomic E-state index is 1.02. The maximum atomic E-state index is 4.27. The van der Waals surface area contributed by atoms with E-state index in [4.69, 9.17) is 0 Å². The van der Waals surface area contributed by atoms with E-state index in [9.17, 15) is 0 Å². The Hall–Kier alpha value is -1.22. The van der Waals surface area contributed by atoms with Gasteiger partial charge in [-0.15, -0.1) is 11.3 Å². The summed E-state index contributed by atoms with van der Waals surface area (Å²) in [6.07, 6.45) is 10.5. The topological polar surface area (TPSA) is 24.1 Å². The zero-order valence-corrected chi connectivity index (χ0v) is 13.4. The molecule has 20 heavy (non-hydrogen) atoms. The fraction of sp³-hybridized carbons (Fsp3) is 0.529. The third-order valence-corrected chi connectivity index (χ3v) is 5.05. The van der Waals surface area contributed by atoms with Crippen molar-refractivity contribution in [2.45, 2.75) is 51.9 Å². The maximum Gasteiger partial charge on any atom is 0.102 e. The van der Waals surface area contributed by atoms with Gasteiger partial charge in [0.2, 0.25) is 0 Å². The molecule has 0 fully saturated rings. The first-order valence-electron chi connectivity index (χ1n) is 7.73. The number of anilines is 1. The van der Waals surface area contributed by atoms with Crippen molar-refractivity contribution in [3.63, 3.8) is 0 Å². The highest BCUT2D eigenvalue weighted by molar-refractivity contribution is 7.16. The average Bonchev–Trinajstić information content (AvgIpc) is 2.82. The van der Waals surface area contributed by atoms with Gasteiger partial charge < -0.3 is 10.6 Å². The number of hydrogen-bond acceptors (Lipinski definition) is 3. The predicted molar refractivity (Wildman–Crippen MR) is 91.3 cm³/mol. The summed E-state index contributed by atoms with van der Waals surface area (Å²) in [5.41, 5.74) is 3.89. The standard InChI is InChI=1S/C17H26N2S/c1-4-6-9-12-19-13(3)16-14-10-7-8-11-15(14)20-17(16)18-5-2/h5,18-19H,2-4,6-12H2,1H3. The Bertz CT molecular complexity index is 474. The van der Waals surface area contributed by atoms with Gasteiger partial charge in [-0.25, -0.2) is 0 Å². The van der Waals surface area contributed by atoms with Crippen molar-refractivity contribution in [3.8, 4) is 0 Å². The lowest BCUT2D eigenvalue weighted by Crippen LogP contribution is -2.15. The highest BCUT2D eigenvalue weighted by Crippen LogP contribution is 2.40. The van der Waals surface area contributed by atoms with Crippen LogP contribution < -0.4 is 10.6 Å². The summed E-state index contributed by atoms with van der Waals surface area (Å²) in [4.78, 5) is 1.53. The minimum absolute atomic E-state index is 1.02. The lowest BCUT2D eigenvalue weighted by Gasteiger charge is -2.16. The third-order valence-electron chi connectivity index (χ3n) is 3.82. The van der Waals surface area contributed by atoms with E-state index >= 15 is 0 Å². The molecule has 0 radical (unpaired) electrons. The van der Waals surface area contributed by atoms with Crippen LogP contribution >= 0.6 is 11.3 Å². The first-order chi connectivity index (χ1) is 9.77. The number of fused-ring (bicyclic) bond motifs is 1. The van der Waals surface area contributed by atoms with Gasteiger partial charge in [-0.1, -0.05) is 32.9 Å². The second-order valence-corrected chi connectivity index (χ2v) is 6.48. The van der Waals surface area contributed by atoms with Gasteiger partial charge in [0, 0.05) is 22.7 Å². The average molecular weight is 290 g/mol. The van der Waals surface area contributed by atoms with E-state index < -0.39 is 0 Å². The van der Waals surface area contributed by atoms with Gasteiger partial charge in [0.1, 0.15) is 5.00 Å². The summed E-state index contributed by atoms with van der Waals surface area (Å²) in [5, 5.41) is 8.01. The number of aryl methyl sites for hydroxylation is 1. The van der Waals surface area contributed by atoms with Gasteiger partial charge in [-0.05, 0) is 43.9 Å². The molecule has 0 unspecified atom stereocenters. The van der Waals surface area contributed by atoms with Gasteiger partial charge >= 0.3 is 0 Å². The normalized spacial score (nSPS) is 13.7. The van der Waals surface area contributed by atoms with E-state index in [2.05, 4.69) is 30.7 Å². The monoisotopic (exact) mass is 290 g/mol. The summed E-state index contributed by atoms with van der Waals surface area (Å²) in [7, 11) is 0. The highest BCUT2D eigenvalue weighted by Gasteiger charge is 2.21. The molecule has 0 bridgehead atoms. The fourth-order valence-electron chi connectivity index (χ4n) is 2.78. The maximum absolute atomic E-state index is 4.27. The van der Waals surface area contributed by atoms with Crippen LogP contribution in [0.1, 0.15) is 55.0 Å². The Balaban J connectivity index is 2.13. The molecule has 0 saturated heterocycles. The molecule has 2 N–H and O–H groups in total. The lowest BCUT2D eigenvalue weighted by molar-refractivity contribution is 0.684. The molecule has 0 aliphatic heterocycles. The molecule has 0 atom stereocenters. The minimum Gasteiger partial charge on any atom is -0.385 e. The fourth-order valence-corrected chi connectivity index (χ4v) is 4.09. The van der Waals surface area contributed by atoms with Gasteiger partial charge in [-0.3, -0.25) is 0 Å². The summed E-state index contributed by atoms with van der Waals surface area (Å²) >= 11 is 1.88. The molecular weight excluding hydrogens is 264 g/mol. The summed E-state index contributed by atoms with van der Waals surface area (Å²) in [6, 6.07) is 0. The van der Waals surface area contributed by atoms with Crippen LogP contribution in [0.5, 0.6) is 0 Å². The van der Waals surface area contributed by atoms with Crippen molar-refractivity contribution in [3.05, 3.63) is 35.4 Å². The van der Waals surface area contributed by atoms with E-state index in [1.54, 1.807) is 6.20 Å². The van der Waals surface area contributed by atoms with Gasteiger partial charge in [0.05, 0.1) is 0 Å². The Morgan fingerprint density at radius 1 is 1.30 bits per heavy atom. The molecule has 1 aliphatic carbocycles. The van der Waals surface area contributed by atoms with Crippen LogP contribution in [-0.4, -0.2) is 6.54 Å². The van der Waals surface area contributed by atoms with Crippen molar-refractivity contribution >= 4 is 22.0 Å². The van der Waals surface area contributed by atoms with Crippen LogP contribution in [0.3, 0.4) is 0 Å². The molecule has 2 rings (SSSR count). The summed E-state index contributed by atoms with van der Waals surface area (Å²) < 4.78 is 0. The molecule has 0 saturated carbocycles. The first kappa shape index (κ1) is 15.2. The van der Waals surface area contributed by atoms with Crippen molar-refractivity contribution in [2.75, 3.05) is 11.9 Å². The zero-order chi connectivity index (χ0) is 14.4. The van der Waals surface area contributed by atoms with Crippen molar-refractivity contribution in [1.82, 2.24) is 5.32 Å². The first-order valence-corrected chi connectivity index (χ1v) is 8.54. The molecule has 2 nitrogen and oxygen atoms in total. The molecule has 1 heterocycles. The molecule has 1 aromatic heterocycles. The number of hydrogen-bond donors (Lipinski definition) is 2. The molecule has 0 spiro atoms. The van der Waals surface area contributed by atoms with E-state index in [0.29, 0.717) is 0 Å². The van der Waals surface area contributed by atoms with E-state index in [1.165, 1.54) is 66.0 Å². The SMILES string of the molecule is C=CNc1sc2c(c1C(=C)NCCCCC)CCCC2. The number of rotatable bonds is 8. The largest absolute Gasteiger partial charge is 0.385 e. The van der Waals surface area contributed by atoms with Gasteiger partial charge in [-0.2, -0.15) is 0 Å². The molecule has 1 aliphatic rings. The van der Waals surface area contributed by atoms with Crippen LogP contribution in [0.4, 0.5) is 5.00 Å². The van der Waals surface area contributed by atoms with Crippen LogP contribution in [-0.2, 0) is 12.8 Å².